The molecule has 0 aliphatic carbocycles. The molecule has 1 aromatic rings. The summed E-state index contributed by atoms with van der Waals surface area (Å²) in [5.41, 5.74) is 1.84. The highest BCUT2D eigenvalue weighted by molar-refractivity contribution is 9.10. The van der Waals surface area contributed by atoms with E-state index >= 15 is 0 Å². The molecule has 0 radical (unpaired) electrons. The van der Waals surface area contributed by atoms with Crippen LogP contribution in [0.2, 0.25) is 0 Å². The zero-order chi connectivity index (χ0) is 9.42. The van der Waals surface area contributed by atoms with Gasteiger partial charge in [0.1, 0.15) is 5.69 Å². The van der Waals surface area contributed by atoms with Crippen LogP contribution in [0, 0.1) is 10.1 Å². The molecule has 0 unspecified atom stereocenters. The van der Waals surface area contributed by atoms with Crippen LogP contribution in [0.15, 0.2) is 16.6 Å². The van der Waals surface area contributed by atoms with Gasteiger partial charge in [-0.05, 0) is 18.1 Å². The van der Waals surface area contributed by atoms with Gasteiger partial charge < -0.3 is 5.32 Å². The number of halogens is 2. The van der Waals surface area contributed by atoms with Crippen molar-refractivity contribution >= 4 is 39.7 Å². The molecule has 0 atom stereocenters. The lowest BCUT2D eigenvalue weighted by atomic mass is 10.1. The second kappa shape index (κ2) is 4.14. The van der Waals surface area contributed by atoms with Gasteiger partial charge in [0.15, 0.2) is 0 Å². The van der Waals surface area contributed by atoms with Crippen LogP contribution in [0.3, 0.4) is 0 Å². The molecule has 14 heavy (non-hydrogen) atoms. The zero-order valence-corrected chi connectivity index (χ0v) is 9.52. The average Bonchev–Trinajstić information content (AvgIpc) is 2.49. The van der Waals surface area contributed by atoms with Crippen LogP contribution >= 0.6 is 28.3 Å². The molecule has 1 aliphatic rings. The third-order valence-electron chi connectivity index (χ3n) is 2.06. The minimum atomic E-state index is -0.359. The van der Waals surface area contributed by atoms with Crippen LogP contribution in [0.5, 0.6) is 0 Å². The molecule has 4 nitrogen and oxygen atoms in total. The van der Waals surface area contributed by atoms with E-state index in [1.165, 1.54) is 6.07 Å². The number of hydrogen-bond acceptors (Lipinski definition) is 3. The number of nitrogens with zero attached hydrogens (tertiary/aromatic N) is 1. The van der Waals surface area contributed by atoms with Crippen molar-refractivity contribution in [2.24, 2.45) is 0 Å². The first-order valence-corrected chi connectivity index (χ1v) is 4.68. The third kappa shape index (κ3) is 1.83. The lowest BCUT2D eigenvalue weighted by Gasteiger charge is -2.01. The molecule has 6 heteroatoms. The van der Waals surface area contributed by atoms with E-state index in [0.29, 0.717) is 5.69 Å². The molecule has 1 aliphatic heterocycles. The van der Waals surface area contributed by atoms with Crippen molar-refractivity contribution < 1.29 is 4.92 Å². The first kappa shape index (κ1) is 11.3. The molecule has 0 amide bonds. The maximum Gasteiger partial charge on any atom is 0.293 e. The fourth-order valence-electron chi connectivity index (χ4n) is 1.51. The summed E-state index contributed by atoms with van der Waals surface area (Å²) in [6.07, 6.45) is 0.857. The van der Waals surface area contributed by atoms with Gasteiger partial charge in [0, 0.05) is 17.1 Å². The Morgan fingerprint density at radius 1 is 1.50 bits per heavy atom. The molecular weight excluding hydrogens is 271 g/mol. The van der Waals surface area contributed by atoms with E-state index in [0.717, 1.165) is 23.0 Å². The number of benzene rings is 1. The van der Waals surface area contributed by atoms with Gasteiger partial charge in [-0.3, -0.25) is 10.1 Å². The number of rotatable bonds is 1. The lowest BCUT2D eigenvalue weighted by Crippen LogP contribution is -1.96. The average molecular weight is 280 g/mol. The van der Waals surface area contributed by atoms with E-state index in [2.05, 4.69) is 21.2 Å². The Hall–Kier alpha value is -0.810. The number of hydrogen-bond donors (Lipinski definition) is 1. The van der Waals surface area contributed by atoms with Crippen LogP contribution in [0.25, 0.3) is 0 Å². The maximum atomic E-state index is 10.7. The van der Waals surface area contributed by atoms with E-state index in [-0.39, 0.29) is 23.0 Å². The molecule has 0 spiro atoms. The minimum absolute atomic E-state index is 0. The summed E-state index contributed by atoms with van der Waals surface area (Å²) in [4.78, 5) is 10.3. The highest BCUT2D eigenvalue weighted by atomic mass is 79.9. The van der Waals surface area contributed by atoms with Gasteiger partial charge >= 0.3 is 0 Å². The number of nitro groups is 1. The molecular formula is C8H8BrClN2O2. The summed E-state index contributed by atoms with van der Waals surface area (Å²) in [5, 5.41) is 13.7. The zero-order valence-electron chi connectivity index (χ0n) is 7.12. The standard InChI is InChI=1S/C8H7BrN2O2.ClH/c9-6-3-5-1-2-10-8(5)7(4-6)11(12)13;/h3-4,10H,1-2H2;1H. The molecule has 0 aromatic heterocycles. The van der Waals surface area contributed by atoms with E-state index in [1.54, 1.807) is 0 Å². The van der Waals surface area contributed by atoms with Crippen LogP contribution < -0.4 is 5.32 Å². The quantitative estimate of drug-likeness (QED) is 0.635. The first-order valence-electron chi connectivity index (χ1n) is 3.89. The van der Waals surface area contributed by atoms with Crippen molar-refractivity contribution in [3.05, 3.63) is 32.3 Å². The van der Waals surface area contributed by atoms with Gasteiger partial charge in [-0.25, -0.2) is 0 Å². The van der Waals surface area contributed by atoms with Crippen LogP contribution in [0.1, 0.15) is 5.56 Å². The highest BCUT2D eigenvalue weighted by Crippen LogP contribution is 2.35. The van der Waals surface area contributed by atoms with Gasteiger partial charge in [-0.2, -0.15) is 0 Å². The Kier molecular flexibility index (Phi) is 3.34. The SMILES string of the molecule is Cl.O=[N+]([O-])c1cc(Br)cc2c1NCC2. The molecule has 0 bridgehead atoms. The van der Waals surface area contributed by atoms with Gasteiger partial charge in [0.2, 0.25) is 0 Å². The molecule has 1 heterocycles. The summed E-state index contributed by atoms with van der Waals surface area (Å²) in [6, 6.07) is 3.44. The monoisotopic (exact) mass is 278 g/mol. The molecule has 76 valence electrons. The Morgan fingerprint density at radius 3 is 2.86 bits per heavy atom. The molecule has 0 fully saturated rings. The van der Waals surface area contributed by atoms with Crippen LogP contribution in [-0.4, -0.2) is 11.5 Å². The van der Waals surface area contributed by atoms with E-state index in [1.807, 2.05) is 6.07 Å². The molecule has 0 saturated heterocycles. The lowest BCUT2D eigenvalue weighted by molar-refractivity contribution is -0.384. The Balaban J connectivity index is 0.000000980. The Labute approximate surface area is 95.4 Å². The molecule has 1 N–H and O–H groups in total. The Morgan fingerprint density at radius 2 is 2.21 bits per heavy atom. The molecule has 2 rings (SSSR count). The summed E-state index contributed by atoms with van der Waals surface area (Å²) < 4.78 is 0.765. The summed E-state index contributed by atoms with van der Waals surface area (Å²) in [6.45, 7) is 0.784. The Bertz CT molecular complexity index is 384. The van der Waals surface area contributed by atoms with Gasteiger partial charge in [-0.1, -0.05) is 15.9 Å². The number of anilines is 1. The fraction of sp³-hybridized carbons (Fsp3) is 0.250. The van der Waals surface area contributed by atoms with Gasteiger partial charge in [0.25, 0.3) is 5.69 Å². The molecule has 1 aromatic carbocycles. The summed E-state index contributed by atoms with van der Waals surface area (Å²) in [5.74, 6) is 0. The van der Waals surface area contributed by atoms with E-state index in [9.17, 15) is 10.1 Å². The summed E-state index contributed by atoms with van der Waals surface area (Å²) in [7, 11) is 0. The van der Waals surface area contributed by atoms with Crippen molar-refractivity contribution in [2.75, 3.05) is 11.9 Å². The first-order chi connectivity index (χ1) is 6.18. The van der Waals surface area contributed by atoms with Gasteiger partial charge in [-0.15, -0.1) is 12.4 Å². The fourth-order valence-corrected chi connectivity index (χ4v) is 2.01. The second-order valence-corrected chi connectivity index (χ2v) is 3.81. The van der Waals surface area contributed by atoms with E-state index < -0.39 is 0 Å². The van der Waals surface area contributed by atoms with Crippen molar-refractivity contribution in [1.29, 1.82) is 0 Å². The van der Waals surface area contributed by atoms with Crippen molar-refractivity contribution in [3.63, 3.8) is 0 Å². The predicted octanol–water partition coefficient (Wildman–Crippen LogP) is 2.75. The third-order valence-corrected chi connectivity index (χ3v) is 2.51. The summed E-state index contributed by atoms with van der Waals surface area (Å²) >= 11 is 3.25. The number of nitro benzene ring substituents is 1. The van der Waals surface area contributed by atoms with Gasteiger partial charge in [0.05, 0.1) is 4.92 Å². The predicted molar refractivity (Wildman–Crippen MR) is 60.2 cm³/mol. The van der Waals surface area contributed by atoms with Crippen molar-refractivity contribution in [2.45, 2.75) is 6.42 Å². The highest BCUT2D eigenvalue weighted by Gasteiger charge is 2.22. The van der Waals surface area contributed by atoms with E-state index in [4.69, 9.17) is 0 Å². The maximum absolute atomic E-state index is 10.7. The number of fused-ring (bicyclic) bond motifs is 1. The minimum Gasteiger partial charge on any atom is -0.379 e. The largest absolute Gasteiger partial charge is 0.379 e. The topological polar surface area (TPSA) is 55.2 Å². The normalized spacial score (nSPS) is 12.6. The van der Waals surface area contributed by atoms with Crippen LogP contribution in [-0.2, 0) is 6.42 Å². The van der Waals surface area contributed by atoms with Crippen molar-refractivity contribution in [3.8, 4) is 0 Å². The molecule has 0 saturated carbocycles. The van der Waals surface area contributed by atoms with Crippen LogP contribution in [0.4, 0.5) is 11.4 Å². The number of nitrogens with one attached hydrogen (secondary N) is 1. The second-order valence-electron chi connectivity index (χ2n) is 2.89. The van der Waals surface area contributed by atoms with Crippen molar-refractivity contribution in [1.82, 2.24) is 0 Å². The smallest absolute Gasteiger partial charge is 0.293 e.